The highest BCUT2D eigenvalue weighted by Crippen LogP contribution is 2.25. The second kappa shape index (κ2) is 7.29. The van der Waals surface area contributed by atoms with E-state index in [0.717, 1.165) is 24.2 Å². The van der Waals surface area contributed by atoms with Crippen molar-refractivity contribution in [2.75, 3.05) is 19.8 Å². The van der Waals surface area contributed by atoms with Gasteiger partial charge in [-0.1, -0.05) is 18.2 Å². The molecule has 0 spiro atoms. The van der Waals surface area contributed by atoms with Crippen molar-refractivity contribution in [3.05, 3.63) is 29.8 Å². The number of aliphatic hydroxyl groups is 1. The molecule has 0 radical (unpaired) electrons. The molecule has 20 heavy (non-hydrogen) atoms. The molecule has 1 aliphatic carbocycles. The predicted octanol–water partition coefficient (Wildman–Crippen LogP) is 2.14. The fourth-order valence-corrected chi connectivity index (χ4v) is 2.39. The van der Waals surface area contributed by atoms with Crippen LogP contribution in [0.5, 0.6) is 5.75 Å². The summed E-state index contributed by atoms with van der Waals surface area (Å²) in [6.07, 6.45) is 3.96. The number of benzene rings is 1. The van der Waals surface area contributed by atoms with Gasteiger partial charge >= 0.3 is 0 Å². The Morgan fingerprint density at radius 1 is 1.40 bits per heavy atom. The Labute approximate surface area is 120 Å². The van der Waals surface area contributed by atoms with Crippen LogP contribution in [0.15, 0.2) is 24.3 Å². The molecular formula is C16H23NO3. The van der Waals surface area contributed by atoms with Crippen molar-refractivity contribution in [1.29, 1.82) is 0 Å². The van der Waals surface area contributed by atoms with Gasteiger partial charge in [0.05, 0.1) is 0 Å². The van der Waals surface area contributed by atoms with Gasteiger partial charge in [0.1, 0.15) is 5.75 Å². The number of ether oxygens (including phenoxy) is 1. The first-order valence-electron chi connectivity index (χ1n) is 7.31. The molecule has 1 aromatic rings. The Balaban J connectivity index is 1.89. The summed E-state index contributed by atoms with van der Waals surface area (Å²) < 4.78 is 5.62. The van der Waals surface area contributed by atoms with Crippen molar-refractivity contribution in [3.63, 3.8) is 0 Å². The smallest absolute Gasteiger partial charge is 0.260 e. The van der Waals surface area contributed by atoms with E-state index in [-0.39, 0.29) is 19.1 Å². The number of amides is 1. The predicted molar refractivity (Wildman–Crippen MR) is 77.7 cm³/mol. The van der Waals surface area contributed by atoms with E-state index in [2.05, 4.69) is 0 Å². The van der Waals surface area contributed by atoms with E-state index >= 15 is 0 Å². The molecule has 0 saturated heterocycles. The maximum Gasteiger partial charge on any atom is 0.260 e. The Morgan fingerprint density at radius 2 is 2.15 bits per heavy atom. The van der Waals surface area contributed by atoms with Crippen LogP contribution in [0, 0.1) is 6.92 Å². The van der Waals surface area contributed by atoms with Crippen molar-refractivity contribution in [1.82, 2.24) is 4.90 Å². The number of aryl methyl sites for hydroxylation is 1. The zero-order valence-electron chi connectivity index (χ0n) is 12.0. The molecule has 0 heterocycles. The lowest BCUT2D eigenvalue weighted by atomic mass is 9.91. The van der Waals surface area contributed by atoms with Gasteiger partial charge in [0.2, 0.25) is 0 Å². The fraction of sp³-hybridized carbons (Fsp3) is 0.562. The van der Waals surface area contributed by atoms with Gasteiger partial charge in [-0.05, 0) is 44.2 Å². The monoisotopic (exact) mass is 277 g/mol. The third-order valence-electron chi connectivity index (χ3n) is 3.84. The molecule has 4 nitrogen and oxygen atoms in total. The minimum atomic E-state index is 0.0198. The molecule has 1 aromatic carbocycles. The molecule has 1 fully saturated rings. The molecular weight excluding hydrogens is 254 g/mol. The van der Waals surface area contributed by atoms with Crippen LogP contribution in [-0.4, -0.2) is 41.7 Å². The SMILES string of the molecule is Cc1ccccc1OCC(=O)N(CCCO)C1CCC1. The van der Waals surface area contributed by atoms with Gasteiger partial charge in [-0.15, -0.1) is 0 Å². The number of aliphatic hydroxyl groups excluding tert-OH is 1. The van der Waals surface area contributed by atoms with E-state index in [1.807, 2.05) is 36.1 Å². The summed E-state index contributed by atoms with van der Waals surface area (Å²) in [5.41, 5.74) is 1.03. The van der Waals surface area contributed by atoms with E-state index in [4.69, 9.17) is 9.84 Å². The largest absolute Gasteiger partial charge is 0.484 e. The van der Waals surface area contributed by atoms with E-state index in [9.17, 15) is 4.79 Å². The van der Waals surface area contributed by atoms with Crippen molar-refractivity contribution >= 4 is 5.91 Å². The Hall–Kier alpha value is -1.55. The number of hydrogen-bond donors (Lipinski definition) is 1. The third-order valence-corrected chi connectivity index (χ3v) is 3.84. The van der Waals surface area contributed by atoms with Crippen molar-refractivity contribution in [2.45, 2.75) is 38.6 Å². The van der Waals surface area contributed by atoms with Crippen LogP contribution in [0.3, 0.4) is 0 Å². The van der Waals surface area contributed by atoms with Gasteiger partial charge in [-0.3, -0.25) is 4.79 Å². The minimum Gasteiger partial charge on any atom is -0.484 e. The Kier molecular flexibility index (Phi) is 5.41. The first-order valence-corrected chi connectivity index (χ1v) is 7.31. The molecule has 0 bridgehead atoms. The number of hydrogen-bond acceptors (Lipinski definition) is 3. The number of carbonyl (C=O) groups excluding carboxylic acids is 1. The summed E-state index contributed by atoms with van der Waals surface area (Å²) >= 11 is 0. The zero-order chi connectivity index (χ0) is 14.4. The summed E-state index contributed by atoms with van der Waals surface area (Å²) in [5.74, 6) is 0.781. The van der Waals surface area contributed by atoms with Crippen LogP contribution >= 0.6 is 0 Å². The van der Waals surface area contributed by atoms with Crippen LogP contribution < -0.4 is 4.74 Å². The van der Waals surface area contributed by atoms with Gasteiger partial charge in [-0.2, -0.15) is 0 Å². The second-order valence-corrected chi connectivity index (χ2v) is 5.30. The zero-order valence-corrected chi connectivity index (χ0v) is 12.0. The number of para-hydroxylation sites is 1. The quantitative estimate of drug-likeness (QED) is 0.830. The molecule has 1 N–H and O–H groups in total. The molecule has 0 atom stereocenters. The van der Waals surface area contributed by atoms with Crippen molar-refractivity contribution in [3.8, 4) is 5.75 Å². The number of nitrogens with zero attached hydrogens (tertiary/aromatic N) is 1. The second-order valence-electron chi connectivity index (χ2n) is 5.30. The Morgan fingerprint density at radius 3 is 2.75 bits per heavy atom. The molecule has 1 aliphatic rings. The van der Waals surface area contributed by atoms with Crippen LogP contribution in [0.2, 0.25) is 0 Å². The molecule has 110 valence electrons. The number of rotatable bonds is 7. The lowest BCUT2D eigenvalue weighted by Crippen LogP contribution is -2.46. The number of carbonyl (C=O) groups is 1. The van der Waals surface area contributed by atoms with E-state index < -0.39 is 0 Å². The molecule has 0 aliphatic heterocycles. The summed E-state index contributed by atoms with van der Waals surface area (Å²) in [6, 6.07) is 8.04. The van der Waals surface area contributed by atoms with Gasteiger partial charge < -0.3 is 14.7 Å². The van der Waals surface area contributed by atoms with Crippen LogP contribution in [0.1, 0.15) is 31.2 Å². The summed E-state index contributed by atoms with van der Waals surface area (Å²) in [7, 11) is 0. The van der Waals surface area contributed by atoms with Crippen LogP contribution in [0.4, 0.5) is 0 Å². The van der Waals surface area contributed by atoms with Gasteiger partial charge in [0, 0.05) is 19.2 Å². The summed E-state index contributed by atoms with van der Waals surface area (Å²) in [6.45, 7) is 2.79. The molecule has 0 aromatic heterocycles. The lowest BCUT2D eigenvalue weighted by molar-refractivity contribution is -0.137. The third kappa shape index (κ3) is 3.73. The lowest BCUT2D eigenvalue weighted by Gasteiger charge is -2.37. The topological polar surface area (TPSA) is 49.8 Å². The van der Waals surface area contributed by atoms with E-state index in [0.29, 0.717) is 19.0 Å². The molecule has 0 unspecified atom stereocenters. The maximum atomic E-state index is 12.3. The fourth-order valence-electron chi connectivity index (χ4n) is 2.39. The molecule has 1 amide bonds. The highest BCUT2D eigenvalue weighted by atomic mass is 16.5. The molecule has 1 saturated carbocycles. The van der Waals surface area contributed by atoms with Crippen LogP contribution in [0.25, 0.3) is 0 Å². The minimum absolute atomic E-state index is 0.0198. The van der Waals surface area contributed by atoms with Gasteiger partial charge in [-0.25, -0.2) is 0 Å². The standard InChI is InChI=1S/C16H23NO3/c1-13-6-2-3-9-15(13)20-12-16(19)17(10-5-11-18)14-7-4-8-14/h2-3,6,9,14,18H,4-5,7-8,10-12H2,1H3. The van der Waals surface area contributed by atoms with Gasteiger partial charge in [0.25, 0.3) is 5.91 Å². The van der Waals surface area contributed by atoms with Gasteiger partial charge in [0.15, 0.2) is 6.61 Å². The van der Waals surface area contributed by atoms with E-state index in [1.54, 1.807) is 0 Å². The molecule has 2 rings (SSSR count). The Bertz CT molecular complexity index is 443. The highest BCUT2D eigenvalue weighted by Gasteiger charge is 2.28. The molecule has 4 heteroatoms. The maximum absolute atomic E-state index is 12.3. The van der Waals surface area contributed by atoms with Crippen LogP contribution in [-0.2, 0) is 4.79 Å². The van der Waals surface area contributed by atoms with E-state index in [1.165, 1.54) is 6.42 Å². The summed E-state index contributed by atoms with van der Waals surface area (Å²) in [5, 5.41) is 8.94. The summed E-state index contributed by atoms with van der Waals surface area (Å²) in [4.78, 5) is 14.2. The van der Waals surface area contributed by atoms with Crippen molar-refractivity contribution < 1.29 is 14.6 Å². The normalized spacial score (nSPS) is 14.7. The highest BCUT2D eigenvalue weighted by molar-refractivity contribution is 5.78. The average molecular weight is 277 g/mol. The average Bonchev–Trinajstić information content (AvgIpc) is 2.40. The first kappa shape index (κ1) is 14.9. The first-order chi connectivity index (χ1) is 9.72. The van der Waals surface area contributed by atoms with Crippen molar-refractivity contribution in [2.24, 2.45) is 0 Å².